The van der Waals surface area contributed by atoms with E-state index in [9.17, 15) is 4.79 Å². The second-order valence-electron chi connectivity index (χ2n) is 3.89. The molecule has 0 saturated heterocycles. The highest BCUT2D eigenvalue weighted by Gasteiger charge is 2.08. The number of aryl methyl sites for hydroxylation is 1. The van der Waals surface area contributed by atoms with Crippen molar-refractivity contribution in [2.24, 2.45) is 0 Å². The van der Waals surface area contributed by atoms with Gasteiger partial charge >= 0.3 is 0 Å². The highest BCUT2D eigenvalue weighted by molar-refractivity contribution is 5.94. The molecule has 6 nitrogen and oxygen atoms in total. The van der Waals surface area contributed by atoms with Crippen molar-refractivity contribution < 1.29 is 4.79 Å². The molecular weight excluding hydrogens is 230 g/mol. The van der Waals surface area contributed by atoms with Gasteiger partial charge in [0.25, 0.3) is 5.91 Å². The van der Waals surface area contributed by atoms with Gasteiger partial charge in [-0.25, -0.2) is 9.97 Å². The topological polar surface area (TPSA) is 82.7 Å². The van der Waals surface area contributed by atoms with Crippen LogP contribution < -0.4 is 10.6 Å². The third kappa shape index (κ3) is 2.85. The number of nitrogens with one attached hydrogen (secondary N) is 3. The standard InChI is InChI=1S/C12H15N5O/c1-8-3-9(4-11(13-2)17-8)12(18)15-6-10-5-14-7-16-10/h3-5,7H,6H2,1-2H3,(H,13,17)(H,14,16)(H,15,18). The van der Waals surface area contributed by atoms with Crippen molar-refractivity contribution in [2.75, 3.05) is 12.4 Å². The Morgan fingerprint density at radius 3 is 2.94 bits per heavy atom. The number of pyridine rings is 1. The van der Waals surface area contributed by atoms with Gasteiger partial charge in [0.05, 0.1) is 18.6 Å². The molecule has 0 saturated carbocycles. The molecule has 0 aliphatic carbocycles. The Morgan fingerprint density at radius 2 is 2.28 bits per heavy atom. The molecule has 18 heavy (non-hydrogen) atoms. The number of imidazole rings is 1. The molecule has 0 unspecified atom stereocenters. The van der Waals surface area contributed by atoms with Gasteiger partial charge in [-0.1, -0.05) is 0 Å². The highest BCUT2D eigenvalue weighted by Crippen LogP contribution is 2.09. The fourth-order valence-electron chi connectivity index (χ4n) is 1.59. The molecule has 0 aliphatic rings. The predicted octanol–water partition coefficient (Wildman–Crippen LogP) is 1.08. The summed E-state index contributed by atoms with van der Waals surface area (Å²) in [6, 6.07) is 3.47. The lowest BCUT2D eigenvalue weighted by Gasteiger charge is -2.07. The average molecular weight is 245 g/mol. The molecule has 0 radical (unpaired) electrons. The summed E-state index contributed by atoms with van der Waals surface area (Å²) in [5.41, 5.74) is 2.25. The number of aromatic nitrogens is 3. The Balaban J connectivity index is 2.06. The lowest BCUT2D eigenvalue weighted by molar-refractivity contribution is 0.0950. The first kappa shape index (κ1) is 12.1. The van der Waals surface area contributed by atoms with E-state index in [4.69, 9.17) is 0 Å². The molecule has 0 bridgehead atoms. The third-order valence-corrected chi connectivity index (χ3v) is 2.47. The Bertz CT molecular complexity index is 535. The van der Waals surface area contributed by atoms with E-state index >= 15 is 0 Å². The minimum Gasteiger partial charge on any atom is -0.373 e. The van der Waals surface area contributed by atoms with Crippen LogP contribution >= 0.6 is 0 Å². The number of carbonyl (C=O) groups is 1. The van der Waals surface area contributed by atoms with Crippen LogP contribution in [0.15, 0.2) is 24.7 Å². The number of carbonyl (C=O) groups excluding carboxylic acids is 1. The zero-order valence-corrected chi connectivity index (χ0v) is 10.3. The second-order valence-corrected chi connectivity index (χ2v) is 3.89. The van der Waals surface area contributed by atoms with Gasteiger partial charge in [0.15, 0.2) is 0 Å². The van der Waals surface area contributed by atoms with E-state index < -0.39 is 0 Å². The molecule has 0 aliphatic heterocycles. The van der Waals surface area contributed by atoms with Crippen LogP contribution in [0.5, 0.6) is 0 Å². The third-order valence-electron chi connectivity index (χ3n) is 2.47. The minimum atomic E-state index is -0.133. The number of rotatable bonds is 4. The summed E-state index contributed by atoms with van der Waals surface area (Å²) in [5.74, 6) is 0.549. The van der Waals surface area contributed by atoms with Gasteiger partial charge in [0.2, 0.25) is 0 Å². The zero-order valence-electron chi connectivity index (χ0n) is 10.3. The molecule has 3 N–H and O–H groups in total. The summed E-state index contributed by atoms with van der Waals surface area (Å²) in [7, 11) is 1.77. The molecule has 2 aromatic heterocycles. The molecule has 0 aromatic carbocycles. The maximum Gasteiger partial charge on any atom is 0.251 e. The molecule has 0 fully saturated rings. The first-order valence-electron chi connectivity index (χ1n) is 5.61. The van der Waals surface area contributed by atoms with Crippen LogP contribution in [0.3, 0.4) is 0 Å². The van der Waals surface area contributed by atoms with Crippen molar-refractivity contribution in [3.05, 3.63) is 41.6 Å². The first-order chi connectivity index (χ1) is 8.69. The van der Waals surface area contributed by atoms with Gasteiger partial charge in [0, 0.05) is 24.5 Å². The van der Waals surface area contributed by atoms with Crippen LogP contribution in [-0.2, 0) is 6.54 Å². The van der Waals surface area contributed by atoms with Crippen LogP contribution in [0, 0.1) is 6.92 Å². The van der Waals surface area contributed by atoms with Gasteiger partial charge in [-0.3, -0.25) is 4.79 Å². The predicted molar refractivity (Wildman–Crippen MR) is 68.3 cm³/mol. The average Bonchev–Trinajstić information content (AvgIpc) is 2.88. The van der Waals surface area contributed by atoms with Crippen molar-refractivity contribution in [2.45, 2.75) is 13.5 Å². The van der Waals surface area contributed by atoms with Crippen LogP contribution in [-0.4, -0.2) is 27.9 Å². The van der Waals surface area contributed by atoms with Gasteiger partial charge in [-0.2, -0.15) is 0 Å². The molecular formula is C12H15N5O. The highest BCUT2D eigenvalue weighted by atomic mass is 16.1. The van der Waals surface area contributed by atoms with Crippen molar-refractivity contribution in [3.8, 4) is 0 Å². The number of aromatic amines is 1. The largest absolute Gasteiger partial charge is 0.373 e. The molecule has 0 spiro atoms. The van der Waals surface area contributed by atoms with Crippen molar-refractivity contribution in [3.63, 3.8) is 0 Å². The molecule has 1 amide bonds. The Morgan fingerprint density at radius 1 is 1.44 bits per heavy atom. The molecule has 2 aromatic rings. The quantitative estimate of drug-likeness (QED) is 0.753. The number of anilines is 1. The van der Waals surface area contributed by atoms with Gasteiger partial charge < -0.3 is 15.6 Å². The van der Waals surface area contributed by atoms with Gasteiger partial charge in [-0.05, 0) is 19.1 Å². The SMILES string of the molecule is CNc1cc(C(=O)NCc2cnc[nH]2)cc(C)n1. The van der Waals surface area contributed by atoms with Crippen molar-refractivity contribution in [1.82, 2.24) is 20.3 Å². The minimum absolute atomic E-state index is 0.133. The second kappa shape index (κ2) is 5.31. The number of nitrogens with zero attached hydrogens (tertiary/aromatic N) is 2. The summed E-state index contributed by atoms with van der Waals surface area (Å²) >= 11 is 0. The Kier molecular flexibility index (Phi) is 3.57. The fourth-order valence-corrected chi connectivity index (χ4v) is 1.59. The van der Waals surface area contributed by atoms with E-state index in [-0.39, 0.29) is 5.91 Å². The maximum absolute atomic E-state index is 12.0. The normalized spacial score (nSPS) is 10.1. The maximum atomic E-state index is 12.0. The summed E-state index contributed by atoms with van der Waals surface area (Å²) in [6.07, 6.45) is 3.26. The Hall–Kier alpha value is -2.37. The zero-order chi connectivity index (χ0) is 13.0. The van der Waals surface area contributed by atoms with E-state index in [2.05, 4.69) is 25.6 Å². The Labute approximate surface area is 105 Å². The summed E-state index contributed by atoms with van der Waals surface area (Å²) < 4.78 is 0. The molecule has 6 heteroatoms. The fraction of sp³-hybridized carbons (Fsp3) is 0.250. The van der Waals surface area contributed by atoms with Crippen LogP contribution in [0.25, 0.3) is 0 Å². The van der Waals surface area contributed by atoms with E-state index in [1.165, 1.54) is 0 Å². The van der Waals surface area contributed by atoms with Gasteiger partial charge in [0.1, 0.15) is 5.82 Å². The number of hydrogen-bond acceptors (Lipinski definition) is 4. The summed E-state index contributed by atoms with van der Waals surface area (Å²) in [4.78, 5) is 23.0. The summed E-state index contributed by atoms with van der Waals surface area (Å²) in [5, 5.41) is 5.74. The van der Waals surface area contributed by atoms with Gasteiger partial charge in [-0.15, -0.1) is 0 Å². The summed E-state index contributed by atoms with van der Waals surface area (Å²) in [6.45, 7) is 2.28. The number of H-pyrrole nitrogens is 1. The van der Waals surface area contributed by atoms with Crippen molar-refractivity contribution >= 4 is 11.7 Å². The monoisotopic (exact) mass is 245 g/mol. The van der Waals surface area contributed by atoms with E-state index in [1.54, 1.807) is 31.7 Å². The molecule has 0 atom stereocenters. The molecule has 2 rings (SSSR count). The van der Waals surface area contributed by atoms with E-state index in [0.29, 0.717) is 17.9 Å². The lowest BCUT2D eigenvalue weighted by Crippen LogP contribution is -2.23. The van der Waals surface area contributed by atoms with Crippen molar-refractivity contribution in [1.29, 1.82) is 0 Å². The first-order valence-corrected chi connectivity index (χ1v) is 5.61. The van der Waals surface area contributed by atoms with Crippen LogP contribution in [0.1, 0.15) is 21.7 Å². The lowest BCUT2D eigenvalue weighted by atomic mass is 10.2. The smallest absolute Gasteiger partial charge is 0.251 e. The van der Waals surface area contributed by atoms with Crippen LogP contribution in [0.2, 0.25) is 0 Å². The molecule has 2 heterocycles. The molecule has 94 valence electrons. The van der Waals surface area contributed by atoms with E-state index in [0.717, 1.165) is 11.4 Å². The number of hydrogen-bond donors (Lipinski definition) is 3. The number of amides is 1. The van der Waals surface area contributed by atoms with Crippen LogP contribution in [0.4, 0.5) is 5.82 Å². The van der Waals surface area contributed by atoms with E-state index in [1.807, 2.05) is 6.92 Å².